The number of halogens is 1. The lowest BCUT2D eigenvalue weighted by atomic mass is 10.2. The molecule has 9 nitrogen and oxygen atoms in total. The number of nitrogens with one attached hydrogen (secondary N) is 1. The van der Waals surface area contributed by atoms with Crippen molar-refractivity contribution >= 4 is 39.4 Å². The fraction of sp³-hybridized carbons (Fsp3) is 0.222. The van der Waals surface area contributed by atoms with E-state index in [4.69, 9.17) is 16.8 Å². The van der Waals surface area contributed by atoms with Crippen molar-refractivity contribution in [3.05, 3.63) is 61.6 Å². The van der Waals surface area contributed by atoms with Gasteiger partial charge in [0.1, 0.15) is 5.71 Å². The van der Waals surface area contributed by atoms with Crippen LogP contribution in [-0.2, 0) is 20.6 Å². The second-order valence-corrected chi connectivity index (χ2v) is 6.99. The fourth-order valence-corrected chi connectivity index (χ4v) is 3.61. The van der Waals surface area contributed by atoms with Crippen LogP contribution in [-0.4, -0.2) is 34.6 Å². The van der Waals surface area contributed by atoms with Gasteiger partial charge in [0.15, 0.2) is 17.0 Å². The highest BCUT2D eigenvalue weighted by molar-refractivity contribution is 6.35. The predicted molar refractivity (Wildman–Crippen MR) is 107 cm³/mol. The van der Waals surface area contributed by atoms with Gasteiger partial charge in [0.2, 0.25) is 0 Å². The maximum atomic E-state index is 13.1. The van der Waals surface area contributed by atoms with E-state index in [9.17, 15) is 9.59 Å². The molecule has 0 unspecified atom stereocenters. The Morgan fingerprint density at radius 2 is 2.04 bits per heavy atom. The van der Waals surface area contributed by atoms with Crippen LogP contribution in [0.25, 0.3) is 22.1 Å². The van der Waals surface area contributed by atoms with Crippen LogP contribution in [0.3, 0.4) is 0 Å². The second-order valence-electron chi connectivity index (χ2n) is 6.58. The van der Waals surface area contributed by atoms with Crippen molar-refractivity contribution in [3.8, 4) is 0 Å². The molecule has 10 heteroatoms. The number of aromatic amines is 1. The molecule has 0 bridgehead atoms. The third-order valence-electron chi connectivity index (χ3n) is 4.83. The molecule has 144 valence electrons. The summed E-state index contributed by atoms with van der Waals surface area (Å²) in [7, 11) is 3.18. The van der Waals surface area contributed by atoms with Gasteiger partial charge in [-0.25, -0.2) is 9.78 Å². The highest BCUT2D eigenvalue weighted by Crippen LogP contribution is 2.24. The van der Waals surface area contributed by atoms with E-state index in [0.717, 1.165) is 15.5 Å². The van der Waals surface area contributed by atoms with Gasteiger partial charge in [-0.05, 0) is 25.1 Å². The summed E-state index contributed by atoms with van der Waals surface area (Å²) in [6, 6.07) is 7.30. The number of rotatable bonds is 3. The molecule has 4 aromatic rings. The fourth-order valence-electron chi connectivity index (χ4n) is 3.38. The molecular formula is C18H17ClN6O3. The zero-order valence-electron chi connectivity index (χ0n) is 15.4. The smallest absolute Gasteiger partial charge is 0.332 e. The van der Waals surface area contributed by atoms with Crippen LogP contribution in [0.5, 0.6) is 0 Å². The van der Waals surface area contributed by atoms with Crippen LogP contribution in [0.1, 0.15) is 18.4 Å². The maximum absolute atomic E-state index is 13.1. The molecule has 0 aliphatic rings. The van der Waals surface area contributed by atoms with Gasteiger partial charge < -0.3 is 14.8 Å². The Labute approximate surface area is 163 Å². The minimum Gasteiger partial charge on any atom is -0.411 e. The number of aromatic nitrogens is 5. The molecule has 0 aliphatic carbocycles. The average molecular weight is 401 g/mol. The van der Waals surface area contributed by atoms with Gasteiger partial charge in [-0.2, -0.15) is 0 Å². The Balaban J connectivity index is 1.94. The molecule has 0 saturated carbocycles. The number of oxime groups is 1. The van der Waals surface area contributed by atoms with E-state index >= 15 is 0 Å². The number of hydrogen-bond acceptors (Lipinski definition) is 5. The first-order chi connectivity index (χ1) is 13.3. The van der Waals surface area contributed by atoms with Gasteiger partial charge >= 0.3 is 5.69 Å². The second kappa shape index (κ2) is 6.38. The quantitative estimate of drug-likeness (QED) is 0.310. The molecule has 4 rings (SSSR count). The first-order valence-electron chi connectivity index (χ1n) is 8.45. The molecule has 0 saturated heterocycles. The van der Waals surface area contributed by atoms with Crippen LogP contribution in [0.15, 0.2) is 39.0 Å². The summed E-state index contributed by atoms with van der Waals surface area (Å²) in [5.41, 5.74) is 1.24. The molecule has 3 heterocycles. The van der Waals surface area contributed by atoms with Crippen molar-refractivity contribution in [2.45, 2.75) is 13.5 Å². The van der Waals surface area contributed by atoms with Crippen LogP contribution in [0.2, 0.25) is 5.02 Å². The average Bonchev–Trinajstić information content (AvgIpc) is 3.25. The zero-order valence-corrected chi connectivity index (χ0v) is 16.2. The van der Waals surface area contributed by atoms with Crippen molar-refractivity contribution < 1.29 is 5.21 Å². The summed E-state index contributed by atoms with van der Waals surface area (Å²) in [6.07, 6.45) is 0. The van der Waals surface area contributed by atoms with Crippen molar-refractivity contribution in [2.75, 3.05) is 0 Å². The molecule has 2 N–H and O–H groups in total. The van der Waals surface area contributed by atoms with Crippen LogP contribution < -0.4 is 11.2 Å². The highest BCUT2D eigenvalue weighted by Gasteiger charge is 2.20. The highest BCUT2D eigenvalue weighted by atomic mass is 35.5. The van der Waals surface area contributed by atoms with Gasteiger partial charge in [-0.15, -0.1) is 0 Å². The Bertz CT molecular complexity index is 1390. The third kappa shape index (κ3) is 2.55. The molecule has 28 heavy (non-hydrogen) atoms. The van der Waals surface area contributed by atoms with Crippen molar-refractivity contribution in [1.29, 1.82) is 0 Å². The van der Waals surface area contributed by atoms with Gasteiger partial charge in [-0.1, -0.05) is 22.8 Å². The molecule has 3 aromatic heterocycles. The third-order valence-corrected chi connectivity index (χ3v) is 5.16. The molecule has 0 aliphatic heterocycles. The van der Waals surface area contributed by atoms with Gasteiger partial charge in [0.05, 0.1) is 6.54 Å². The number of fused-ring (bicyclic) bond motifs is 2. The Morgan fingerprint density at radius 1 is 1.29 bits per heavy atom. The first kappa shape index (κ1) is 18.1. The minimum atomic E-state index is -0.495. The molecule has 0 amide bonds. The van der Waals surface area contributed by atoms with Crippen LogP contribution >= 0.6 is 11.6 Å². The topological polar surface area (TPSA) is 110 Å². The lowest BCUT2D eigenvalue weighted by Gasteiger charge is -2.07. The van der Waals surface area contributed by atoms with E-state index in [0.29, 0.717) is 16.5 Å². The molecule has 0 spiro atoms. The number of nitrogens with zero attached hydrogens (tertiary/aromatic N) is 5. The summed E-state index contributed by atoms with van der Waals surface area (Å²) < 4.78 is 3.96. The predicted octanol–water partition coefficient (Wildman–Crippen LogP) is 1.81. The van der Waals surface area contributed by atoms with Crippen molar-refractivity contribution in [3.63, 3.8) is 0 Å². The number of aryl methyl sites for hydroxylation is 2. The lowest BCUT2D eigenvalue weighted by molar-refractivity contribution is 0.318. The molecule has 0 atom stereocenters. The number of imidazole rings is 1. The largest absolute Gasteiger partial charge is 0.411 e. The Hall–Kier alpha value is -3.33. The van der Waals surface area contributed by atoms with E-state index in [2.05, 4.69) is 15.1 Å². The summed E-state index contributed by atoms with van der Waals surface area (Å²) >= 11 is 6.21. The van der Waals surface area contributed by atoms with Crippen molar-refractivity contribution in [1.82, 2.24) is 23.7 Å². The first-order valence-corrected chi connectivity index (χ1v) is 8.82. The zero-order chi connectivity index (χ0) is 20.2. The summed E-state index contributed by atoms with van der Waals surface area (Å²) in [5, 5.41) is 13.6. The molecule has 0 fully saturated rings. The van der Waals surface area contributed by atoms with Gasteiger partial charge in [0.25, 0.3) is 5.56 Å². The summed E-state index contributed by atoms with van der Waals surface area (Å²) in [4.78, 5) is 33.4. The summed E-state index contributed by atoms with van der Waals surface area (Å²) in [6.45, 7) is 1.62. The van der Waals surface area contributed by atoms with Crippen LogP contribution in [0, 0.1) is 0 Å². The Morgan fingerprint density at radius 3 is 2.71 bits per heavy atom. The monoisotopic (exact) mass is 400 g/mol. The minimum absolute atomic E-state index is 0.0556. The van der Waals surface area contributed by atoms with E-state index in [1.54, 1.807) is 27.1 Å². The van der Waals surface area contributed by atoms with E-state index in [-0.39, 0.29) is 23.4 Å². The molecule has 1 aromatic carbocycles. The summed E-state index contributed by atoms with van der Waals surface area (Å²) in [5.74, 6) is 0.305. The van der Waals surface area contributed by atoms with Gasteiger partial charge in [-0.3, -0.25) is 13.9 Å². The number of H-pyrrole nitrogens is 1. The Kier molecular flexibility index (Phi) is 4.11. The van der Waals surface area contributed by atoms with E-state index < -0.39 is 11.2 Å². The SMILES string of the molecule is CC(=NO)c1nc2c(c(=O)n(Cc3cc4c(Cl)cccc4[nH]3)c(=O)n2C)n1C. The normalized spacial score (nSPS) is 12.4. The maximum Gasteiger partial charge on any atom is 0.332 e. The number of benzene rings is 1. The molecule has 0 radical (unpaired) electrons. The van der Waals surface area contributed by atoms with Crippen LogP contribution in [0.4, 0.5) is 0 Å². The molecular weight excluding hydrogens is 384 g/mol. The standard InChI is InChI=1S/C18H17ClN6O3/c1-9(22-28)15-21-16-14(23(15)2)17(26)25(18(27)24(16)3)8-10-7-11-12(19)5-4-6-13(11)20-10/h4-7,20,28H,8H2,1-3H3. The number of hydrogen-bond donors (Lipinski definition) is 2. The van der Waals surface area contributed by atoms with E-state index in [1.807, 2.05) is 18.2 Å². The van der Waals surface area contributed by atoms with E-state index in [1.165, 1.54) is 9.13 Å². The van der Waals surface area contributed by atoms with Gasteiger partial charge in [0, 0.05) is 35.7 Å². The lowest BCUT2D eigenvalue weighted by Crippen LogP contribution is -2.39. The van der Waals surface area contributed by atoms with Crippen molar-refractivity contribution in [2.24, 2.45) is 19.3 Å².